The van der Waals surface area contributed by atoms with Crippen LogP contribution in [0.2, 0.25) is 0 Å². The fourth-order valence-corrected chi connectivity index (χ4v) is 1.54. The molecule has 5 heteroatoms. The average molecular weight is 246 g/mol. The highest BCUT2D eigenvalue weighted by atomic mass is 16.5. The number of hydrogen-bond acceptors (Lipinski definition) is 5. The van der Waals surface area contributed by atoms with Crippen molar-refractivity contribution < 1.29 is 4.74 Å². The predicted molar refractivity (Wildman–Crippen MR) is 71.5 cm³/mol. The SMILES string of the molecule is CCCCOCCNc1nnc2ccccc2n1. The Hall–Kier alpha value is -1.75. The molecule has 96 valence electrons. The lowest BCUT2D eigenvalue weighted by atomic mass is 10.3. The van der Waals surface area contributed by atoms with Crippen LogP contribution in [0.25, 0.3) is 11.0 Å². The molecule has 2 rings (SSSR count). The first-order valence-electron chi connectivity index (χ1n) is 6.31. The Labute approximate surface area is 107 Å². The summed E-state index contributed by atoms with van der Waals surface area (Å²) in [6, 6.07) is 7.68. The summed E-state index contributed by atoms with van der Waals surface area (Å²) in [6.45, 7) is 4.32. The molecule has 1 aromatic heterocycles. The van der Waals surface area contributed by atoms with Crippen molar-refractivity contribution in [2.45, 2.75) is 19.8 Å². The van der Waals surface area contributed by atoms with E-state index in [0.717, 1.165) is 30.5 Å². The maximum atomic E-state index is 5.44. The molecule has 1 heterocycles. The van der Waals surface area contributed by atoms with Gasteiger partial charge in [-0.1, -0.05) is 25.5 Å². The molecule has 0 radical (unpaired) electrons. The molecular formula is C13H18N4O. The molecule has 1 N–H and O–H groups in total. The van der Waals surface area contributed by atoms with Crippen molar-refractivity contribution in [1.29, 1.82) is 0 Å². The molecule has 0 spiro atoms. The molecule has 0 saturated carbocycles. The molecule has 0 saturated heterocycles. The Morgan fingerprint density at radius 3 is 2.78 bits per heavy atom. The molecule has 0 aliphatic rings. The number of ether oxygens (including phenoxy) is 1. The highest BCUT2D eigenvalue weighted by Gasteiger charge is 1.99. The number of unbranched alkanes of at least 4 members (excludes halogenated alkanes) is 1. The largest absolute Gasteiger partial charge is 0.380 e. The fourth-order valence-electron chi connectivity index (χ4n) is 1.54. The van der Waals surface area contributed by atoms with Gasteiger partial charge in [-0.15, -0.1) is 10.2 Å². The Kier molecular flexibility index (Phi) is 4.84. The zero-order chi connectivity index (χ0) is 12.6. The van der Waals surface area contributed by atoms with Crippen LogP contribution in [0.4, 0.5) is 5.95 Å². The fraction of sp³-hybridized carbons (Fsp3) is 0.462. The van der Waals surface area contributed by atoms with Crippen molar-refractivity contribution in [3.05, 3.63) is 24.3 Å². The maximum Gasteiger partial charge on any atom is 0.243 e. The van der Waals surface area contributed by atoms with Gasteiger partial charge in [-0.3, -0.25) is 0 Å². The molecule has 0 bridgehead atoms. The van der Waals surface area contributed by atoms with Crippen LogP contribution in [0.15, 0.2) is 24.3 Å². The van der Waals surface area contributed by atoms with Gasteiger partial charge in [0.25, 0.3) is 0 Å². The van der Waals surface area contributed by atoms with Crippen LogP contribution < -0.4 is 5.32 Å². The third kappa shape index (κ3) is 3.63. The normalized spacial score (nSPS) is 10.7. The Bertz CT molecular complexity index is 489. The van der Waals surface area contributed by atoms with Gasteiger partial charge >= 0.3 is 0 Å². The first kappa shape index (κ1) is 12.7. The lowest BCUT2D eigenvalue weighted by Gasteiger charge is -2.05. The lowest BCUT2D eigenvalue weighted by Crippen LogP contribution is -2.12. The molecular weight excluding hydrogens is 228 g/mol. The summed E-state index contributed by atoms with van der Waals surface area (Å²) >= 11 is 0. The zero-order valence-corrected chi connectivity index (χ0v) is 10.6. The maximum absolute atomic E-state index is 5.44. The second kappa shape index (κ2) is 6.86. The number of nitrogens with zero attached hydrogens (tertiary/aromatic N) is 3. The van der Waals surface area contributed by atoms with E-state index < -0.39 is 0 Å². The molecule has 0 atom stereocenters. The van der Waals surface area contributed by atoms with Crippen LogP contribution in [0.5, 0.6) is 0 Å². The first-order valence-corrected chi connectivity index (χ1v) is 6.31. The van der Waals surface area contributed by atoms with Gasteiger partial charge in [0.1, 0.15) is 5.52 Å². The third-order valence-electron chi connectivity index (χ3n) is 2.53. The van der Waals surface area contributed by atoms with E-state index in [1.165, 1.54) is 0 Å². The summed E-state index contributed by atoms with van der Waals surface area (Å²) in [5, 5.41) is 11.2. The van der Waals surface area contributed by atoms with E-state index in [0.29, 0.717) is 19.1 Å². The van der Waals surface area contributed by atoms with E-state index in [2.05, 4.69) is 27.4 Å². The number of hydrogen-bond donors (Lipinski definition) is 1. The molecule has 0 aliphatic carbocycles. The monoisotopic (exact) mass is 246 g/mol. The van der Waals surface area contributed by atoms with Gasteiger partial charge in [0, 0.05) is 13.2 Å². The van der Waals surface area contributed by atoms with Crippen LogP contribution in [-0.4, -0.2) is 34.9 Å². The molecule has 0 fully saturated rings. The Morgan fingerprint density at radius 1 is 1.11 bits per heavy atom. The second-order valence-corrected chi connectivity index (χ2v) is 4.02. The lowest BCUT2D eigenvalue weighted by molar-refractivity contribution is 0.141. The number of benzene rings is 1. The van der Waals surface area contributed by atoms with Gasteiger partial charge in [0.2, 0.25) is 5.95 Å². The van der Waals surface area contributed by atoms with E-state index in [1.807, 2.05) is 24.3 Å². The van der Waals surface area contributed by atoms with E-state index in [9.17, 15) is 0 Å². The van der Waals surface area contributed by atoms with Crippen molar-refractivity contribution in [1.82, 2.24) is 15.2 Å². The molecule has 0 amide bonds. The number of anilines is 1. The average Bonchev–Trinajstić information content (AvgIpc) is 2.42. The second-order valence-electron chi connectivity index (χ2n) is 4.02. The molecule has 0 unspecified atom stereocenters. The Balaban J connectivity index is 1.81. The minimum Gasteiger partial charge on any atom is -0.380 e. The number of nitrogens with one attached hydrogen (secondary N) is 1. The van der Waals surface area contributed by atoms with Crippen molar-refractivity contribution in [3.8, 4) is 0 Å². The summed E-state index contributed by atoms with van der Waals surface area (Å²) in [7, 11) is 0. The minimum absolute atomic E-state index is 0.549. The van der Waals surface area contributed by atoms with E-state index in [-0.39, 0.29) is 0 Å². The summed E-state index contributed by atoms with van der Waals surface area (Å²) in [6.07, 6.45) is 2.26. The topological polar surface area (TPSA) is 59.9 Å². The highest BCUT2D eigenvalue weighted by Crippen LogP contribution is 2.08. The van der Waals surface area contributed by atoms with Gasteiger partial charge in [0.15, 0.2) is 0 Å². The third-order valence-corrected chi connectivity index (χ3v) is 2.53. The highest BCUT2D eigenvalue weighted by molar-refractivity contribution is 5.73. The Morgan fingerprint density at radius 2 is 1.94 bits per heavy atom. The van der Waals surface area contributed by atoms with Crippen LogP contribution in [0.3, 0.4) is 0 Å². The predicted octanol–water partition coefficient (Wildman–Crippen LogP) is 2.25. The summed E-state index contributed by atoms with van der Waals surface area (Å²) < 4.78 is 5.44. The molecule has 5 nitrogen and oxygen atoms in total. The van der Waals surface area contributed by atoms with Crippen molar-refractivity contribution in [2.24, 2.45) is 0 Å². The van der Waals surface area contributed by atoms with Crippen LogP contribution in [0, 0.1) is 0 Å². The molecule has 2 aromatic rings. The molecule has 1 aromatic carbocycles. The van der Waals surface area contributed by atoms with Crippen molar-refractivity contribution >= 4 is 17.0 Å². The van der Waals surface area contributed by atoms with Crippen LogP contribution >= 0.6 is 0 Å². The van der Waals surface area contributed by atoms with Gasteiger partial charge in [0.05, 0.1) is 12.1 Å². The van der Waals surface area contributed by atoms with E-state index in [4.69, 9.17) is 4.74 Å². The summed E-state index contributed by atoms with van der Waals surface area (Å²) in [5.74, 6) is 0.549. The number of rotatable bonds is 7. The minimum atomic E-state index is 0.549. The summed E-state index contributed by atoms with van der Waals surface area (Å²) in [5.41, 5.74) is 1.66. The van der Waals surface area contributed by atoms with Crippen LogP contribution in [-0.2, 0) is 4.74 Å². The van der Waals surface area contributed by atoms with E-state index in [1.54, 1.807) is 0 Å². The van der Waals surface area contributed by atoms with Gasteiger partial charge in [-0.25, -0.2) is 4.98 Å². The van der Waals surface area contributed by atoms with Crippen molar-refractivity contribution in [2.75, 3.05) is 25.1 Å². The number of fused-ring (bicyclic) bond motifs is 1. The number of para-hydroxylation sites is 1. The standard InChI is InChI=1S/C13H18N4O/c1-2-3-9-18-10-8-14-13-15-11-6-4-5-7-12(11)16-17-13/h4-7H,2-3,8-10H2,1H3,(H,14,15,17). The molecule has 18 heavy (non-hydrogen) atoms. The zero-order valence-electron chi connectivity index (χ0n) is 10.6. The quantitative estimate of drug-likeness (QED) is 0.759. The summed E-state index contributed by atoms with van der Waals surface area (Å²) in [4.78, 5) is 4.37. The molecule has 0 aliphatic heterocycles. The first-order chi connectivity index (χ1) is 8.90. The van der Waals surface area contributed by atoms with E-state index >= 15 is 0 Å². The van der Waals surface area contributed by atoms with Crippen molar-refractivity contribution in [3.63, 3.8) is 0 Å². The van der Waals surface area contributed by atoms with Crippen LogP contribution in [0.1, 0.15) is 19.8 Å². The smallest absolute Gasteiger partial charge is 0.243 e. The van der Waals surface area contributed by atoms with Gasteiger partial charge < -0.3 is 10.1 Å². The van der Waals surface area contributed by atoms with Gasteiger partial charge in [-0.2, -0.15) is 0 Å². The number of aromatic nitrogens is 3. The van der Waals surface area contributed by atoms with Gasteiger partial charge in [-0.05, 0) is 18.6 Å².